The molecular formula is C22H25N3O5S2. The fourth-order valence-corrected chi connectivity index (χ4v) is 7.39. The third-order valence-corrected chi connectivity index (χ3v) is 8.53. The van der Waals surface area contributed by atoms with Gasteiger partial charge in [-0.3, -0.25) is 9.79 Å². The fraction of sp³-hybridized carbons (Fsp3) is 0.364. The molecule has 0 aromatic heterocycles. The van der Waals surface area contributed by atoms with Crippen LogP contribution in [0.2, 0.25) is 0 Å². The summed E-state index contributed by atoms with van der Waals surface area (Å²) in [4.78, 5) is 17.0. The Morgan fingerprint density at radius 1 is 1.12 bits per heavy atom. The van der Waals surface area contributed by atoms with Crippen molar-refractivity contribution >= 4 is 38.4 Å². The lowest BCUT2D eigenvalue weighted by Crippen LogP contribution is -2.25. The number of nitrogens with zero attached hydrogens (tertiary/aromatic N) is 1. The quantitative estimate of drug-likeness (QED) is 0.633. The number of rotatable bonds is 7. The predicted molar refractivity (Wildman–Crippen MR) is 127 cm³/mol. The van der Waals surface area contributed by atoms with Crippen molar-refractivity contribution in [2.75, 3.05) is 37.6 Å². The van der Waals surface area contributed by atoms with Gasteiger partial charge in [0.15, 0.2) is 15.0 Å². The molecule has 1 saturated heterocycles. The lowest BCUT2D eigenvalue weighted by atomic mass is 10.1. The SMILES string of the molecule is COc1ccc(CCNC(=O)c2ccc(NC3=N[C@@H]4CS(=O)(=O)C[C@@H]4S3)cc2)c(OC)c1. The average Bonchev–Trinajstić information content (AvgIpc) is 3.26. The summed E-state index contributed by atoms with van der Waals surface area (Å²) in [6, 6.07) is 12.6. The van der Waals surface area contributed by atoms with Crippen LogP contribution in [0.25, 0.3) is 0 Å². The number of fused-ring (bicyclic) bond motifs is 1. The molecule has 4 rings (SSSR count). The molecule has 0 bridgehead atoms. The number of thioether (sulfide) groups is 1. The minimum atomic E-state index is -2.96. The van der Waals surface area contributed by atoms with Gasteiger partial charge in [0.25, 0.3) is 5.91 Å². The van der Waals surface area contributed by atoms with E-state index >= 15 is 0 Å². The molecule has 0 spiro atoms. The van der Waals surface area contributed by atoms with Crippen LogP contribution in [-0.4, -0.2) is 63.1 Å². The monoisotopic (exact) mass is 475 g/mol. The summed E-state index contributed by atoms with van der Waals surface area (Å²) >= 11 is 1.47. The zero-order valence-electron chi connectivity index (χ0n) is 17.8. The Kier molecular flexibility index (Phi) is 6.61. The Morgan fingerprint density at radius 2 is 1.91 bits per heavy atom. The predicted octanol–water partition coefficient (Wildman–Crippen LogP) is 2.36. The van der Waals surface area contributed by atoms with Gasteiger partial charge in [0, 0.05) is 29.1 Å². The van der Waals surface area contributed by atoms with Crippen molar-refractivity contribution in [3.05, 3.63) is 53.6 Å². The molecule has 2 N–H and O–H groups in total. The highest BCUT2D eigenvalue weighted by molar-refractivity contribution is 8.15. The number of benzene rings is 2. The summed E-state index contributed by atoms with van der Waals surface area (Å²) in [7, 11) is 0.249. The molecule has 0 unspecified atom stereocenters. The number of hydrogen-bond donors (Lipinski definition) is 2. The van der Waals surface area contributed by atoms with E-state index in [0.29, 0.717) is 18.5 Å². The maximum Gasteiger partial charge on any atom is 0.251 e. The maximum absolute atomic E-state index is 12.5. The van der Waals surface area contributed by atoms with Crippen LogP contribution in [0.4, 0.5) is 5.69 Å². The number of anilines is 1. The highest BCUT2D eigenvalue weighted by Crippen LogP contribution is 2.34. The van der Waals surface area contributed by atoms with E-state index in [-0.39, 0.29) is 28.7 Å². The van der Waals surface area contributed by atoms with Crippen LogP contribution >= 0.6 is 11.8 Å². The van der Waals surface area contributed by atoms with Gasteiger partial charge in [0.2, 0.25) is 0 Å². The number of aliphatic imine (C=N–C) groups is 1. The van der Waals surface area contributed by atoms with Gasteiger partial charge in [-0.25, -0.2) is 8.42 Å². The van der Waals surface area contributed by atoms with Crippen LogP contribution in [0.1, 0.15) is 15.9 Å². The van der Waals surface area contributed by atoms with E-state index in [9.17, 15) is 13.2 Å². The van der Waals surface area contributed by atoms with Gasteiger partial charge >= 0.3 is 0 Å². The van der Waals surface area contributed by atoms with Crippen LogP contribution in [0.3, 0.4) is 0 Å². The van der Waals surface area contributed by atoms with E-state index in [0.717, 1.165) is 27.9 Å². The third kappa shape index (κ3) is 5.18. The van der Waals surface area contributed by atoms with Crippen molar-refractivity contribution in [3.8, 4) is 11.5 Å². The van der Waals surface area contributed by atoms with Crippen molar-refractivity contribution in [1.82, 2.24) is 5.32 Å². The van der Waals surface area contributed by atoms with Gasteiger partial charge in [-0.05, 0) is 42.3 Å². The molecule has 8 nitrogen and oxygen atoms in total. The second-order valence-electron chi connectivity index (χ2n) is 7.62. The van der Waals surface area contributed by atoms with Gasteiger partial charge in [-0.15, -0.1) is 0 Å². The molecule has 2 aromatic rings. The smallest absolute Gasteiger partial charge is 0.251 e. The van der Waals surface area contributed by atoms with E-state index in [1.165, 1.54) is 11.8 Å². The number of ether oxygens (including phenoxy) is 2. The zero-order valence-corrected chi connectivity index (χ0v) is 19.5. The summed E-state index contributed by atoms with van der Waals surface area (Å²) in [5, 5.41) is 6.86. The van der Waals surface area contributed by atoms with Crippen molar-refractivity contribution in [2.45, 2.75) is 17.7 Å². The van der Waals surface area contributed by atoms with Crippen LogP contribution < -0.4 is 20.1 Å². The van der Waals surface area contributed by atoms with Gasteiger partial charge in [-0.1, -0.05) is 17.8 Å². The maximum atomic E-state index is 12.5. The topological polar surface area (TPSA) is 106 Å². The van der Waals surface area contributed by atoms with Crippen LogP contribution in [-0.2, 0) is 16.3 Å². The minimum Gasteiger partial charge on any atom is -0.497 e. The number of methoxy groups -OCH3 is 2. The van der Waals surface area contributed by atoms with Crippen molar-refractivity contribution < 1.29 is 22.7 Å². The summed E-state index contributed by atoms with van der Waals surface area (Å²) in [6.45, 7) is 0.473. The normalized spacial score (nSPS) is 20.9. The number of carbonyl (C=O) groups is 1. The molecule has 0 saturated carbocycles. The van der Waals surface area contributed by atoms with Crippen molar-refractivity contribution in [2.24, 2.45) is 4.99 Å². The molecule has 1 fully saturated rings. The molecule has 10 heteroatoms. The molecule has 2 aromatic carbocycles. The summed E-state index contributed by atoms with van der Waals surface area (Å²) < 4.78 is 33.9. The molecule has 0 radical (unpaired) electrons. The zero-order chi connectivity index (χ0) is 22.7. The summed E-state index contributed by atoms with van der Waals surface area (Å²) in [6.07, 6.45) is 0.633. The molecule has 2 atom stereocenters. The summed E-state index contributed by atoms with van der Waals surface area (Å²) in [5.74, 6) is 1.59. The van der Waals surface area contributed by atoms with Crippen molar-refractivity contribution in [1.29, 1.82) is 0 Å². The van der Waals surface area contributed by atoms with Gasteiger partial charge in [-0.2, -0.15) is 0 Å². The molecule has 2 heterocycles. The van der Waals surface area contributed by atoms with Gasteiger partial charge in [0.1, 0.15) is 11.5 Å². The third-order valence-electron chi connectivity index (χ3n) is 5.39. The van der Waals surface area contributed by atoms with Gasteiger partial charge < -0.3 is 20.1 Å². The second kappa shape index (κ2) is 9.41. The number of nitrogens with one attached hydrogen (secondary N) is 2. The van der Waals surface area contributed by atoms with Gasteiger partial charge in [0.05, 0.1) is 31.8 Å². The first-order valence-corrected chi connectivity index (χ1v) is 12.9. The Hall–Kier alpha value is -2.72. The number of sulfone groups is 1. The van der Waals surface area contributed by atoms with E-state index in [2.05, 4.69) is 15.6 Å². The number of amides is 1. The number of amidine groups is 1. The lowest BCUT2D eigenvalue weighted by Gasteiger charge is -2.11. The van der Waals surface area contributed by atoms with Crippen LogP contribution in [0.5, 0.6) is 11.5 Å². The molecule has 0 aliphatic carbocycles. The molecule has 2 aliphatic rings. The molecule has 170 valence electrons. The van der Waals surface area contributed by atoms with Crippen LogP contribution in [0.15, 0.2) is 47.5 Å². The average molecular weight is 476 g/mol. The number of carbonyl (C=O) groups excluding carboxylic acids is 1. The van der Waals surface area contributed by atoms with E-state index in [4.69, 9.17) is 9.47 Å². The first-order chi connectivity index (χ1) is 15.4. The van der Waals surface area contributed by atoms with E-state index in [1.54, 1.807) is 26.4 Å². The highest BCUT2D eigenvalue weighted by Gasteiger charge is 2.42. The molecular weight excluding hydrogens is 450 g/mol. The van der Waals surface area contributed by atoms with E-state index in [1.807, 2.05) is 30.3 Å². The van der Waals surface area contributed by atoms with E-state index < -0.39 is 9.84 Å². The Balaban J connectivity index is 1.28. The minimum absolute atomic E-state index is 0.00289. The first kappa shape index (κ1) is 22.5. The Labute approximate surface area is 191 Å². The largest absolute Gasteiger partial charge is 0.497 e. The second-order valence-corrected chi connectivity index (χ2v) is 11.0. The highest BCUT2D eigenvalue weighted by atomic mass is 32.2. The Morgan fingerprint density at radius 3 is 2.59 bits per heavy atom. The fourth-order valence-electron chi connectivity index (χ4n) is 3.72. The molecule has 2 aliphatic heterocycles. The summed E-state index contributed by atoms with van der Waals surface area (Å²) in [5.41, 5.74) is 2.35. The molecule has 32 heavy (non-hydrogen) atoms. The van der Waals surface area contributed by atoms with Crippen LogP contribution in [0, 0.1) is 0 Å². The first-order valence-electron chi connectivity index (χ1n) is 10.2. The standard InChI is InChI=1S/C22H25N3O5S2/c1-29-17-8-5-14(19(11-17)30-2)9-10-23-21(26)15-3-6-16(7-4-15)24-22-25-18-12-32(27,28)13-20(18)31-22/h3-8,11,18,20H,9-10,12-13H2,1-2H3,(H,23,26)(H,24,25)/t18-,20+/m1/s1. The number of hydrogen-bond acceptors (Lipinski definition) is 8. The molecule has 1 amide bonds. The lowest BCUT2D eigenvalue weighted by molar-refractivity contribution is 0.0954. The van der Waals surface area contributed by atoms with Crippen molar-refractivity contribution in [3.63, 3.8) is 0 Å². The Bertz CT molecular complexity index is 1130.